The van der Waals surface area contributed by atoms with E-state index in [1.54, 1.807) is 0 Å². The van der Waals surface area contributed by atoms with Crippen molar-refractivity contribution in [1.29, 1.82) is 0 Å². The van der Waals surface area contributed by atoms with Crippen LogP contribution in [0.4, 0.5) is 0 Å². The molecule has 1 atom stereocenters. The van der Waals surface area contributed by atoms with Crippen molar-refractivity contribution in [1.82, 2.24) is 5.32 Å². The molecule has 0 heterocycles. The fourth-order valence-electron chi connectivity index (χ4n) is 1.13. The molecule has 0 radical (unpaired) electrons. The van der Waals surface area contributed by atoms with Crippen LogP contribution in [0.2, 0.25) is 0 Å². The van der Waals surface area contributed by atoms with E-state index in [2.05, 4.69) is 5.32 Å². The predicted molar refractivity (Wildman–Crippen MR) is 58.3 cm³/mol. The van der Waals surface area contributed by atoms with Crippen molar-refractivity contribution in [3.8, 4) is 0 Å². The maximum atomic E-state index is 11.5. The topological polar surface area (TPSA) is 29.1 Å². The first-order chi connectivity index (χ1) is 6.61. The first-order valence-corrected chi connectivity index (χ1v) is 5.04. The van der Waals surface area contributed by atoms with Crippen LogP contribution in [0.1, 0.15) is 24.8 Å². The molecule has 0 bridgehead atoms. The Labute approximate surface area is 89.3 Å². The Bertz CT molecular complexity index is 297. The van der Waals surface area contributed by atoms with Gasteiger partial charge in [-0.1, -0.05) is 30.3 Å². The molecule has 0 saturated carbocycles. The Hall–Kier alpha value is -1.02. The van der Waals surface area contributed by atoms with Gasteiger partial charge in [0.05, 0.1) is 0 Å². The molecule has 0 aliphatic rings. The van der Waals surface area contributed by atoms with Crippen LogP contribution in [-0.2, 0) is 4.79 Å². The number of carbonyl (C=O) groups excluding carboxylic acids is 1. The van der Waals surface area contributed by atoms with Crippen LogP contribution in [0.15, 0.2) is 30.3 Å². The highest BCUT2D eigenvalue weighted by molar-refractivity contribution is 6.30. The molecule has 0 fully saturated rings. The van der Waals surface area contributed by atoms with Gasteiger partial charge in [-0.2, -0.15) is 0 Å². The van der Waals surface area contributed by atoms with Crippen molar-refractivity contribution < 1.29 is 4.79 Å². The second-order valence-electron chi connectivity index (χ2n) is 3.44. The first kappa shape index (κ1) is 11.1. The van der Waals surface area contributed by atoms with E-state index in [4.69, 9.17) is 11.6 Å². The molecule has 0 spiro atoms. The Balaban J connectivity index is 2.66. The standard InChI is InChI=1S/C11H14ClNO/c1-8(2)13-11(14)10(12)9-6-4-3-5-7-9/h3-8,10H,1-2H3,(H,13,14). The second-order valence-corrected chi connectivity index (χ2v) is 3.87. The molecule has 14 heavy (non-hydrogen) atoms. The number of nitrogens with one attached hydrogen (secondary N) is 1. The van der Waals surface area contributed by atoms with Crippen molar-refractivity contribution in [2.75, 3.05) is 0 Å². The highest BCUT2D eigenvalue weighted by atomic mass is 35.5. The smallest absolute Gasteiger partial charge is 0.242 e. The largest absolute Gasteiger partial charge is 0.352 e. The van der Waals surface area contributed by atoms with Gasteiger partial charge in [-0.05, 0) is 19.4 Å². The van der Waals surface area contributed by atoms with Crippen molar-refractivity contribution in [2.24, 2.45) is 0 Å². The number of alkyl halides is 1. The number of hydrogen-bond donors (Lipinski definition) is 1. The molecule has 1 rings (SSSR count). The zero-order valence-electron chi connectivity index (χ0n) is 8.33. The Morgan fingerprint density at radius 3 is 2.36 bits per heavy atom. The summed E-state index contributed by atoms with van der Waals surface area (Å²) in [5, 5.41) is 2.17. The molecule has 2 nitrogen and oxygen atoms in total. The molecule has 3 heteroatoms. The van der Waals surface area contributed by atoms with Crippen LogP contribution in [0.25, 0.3) is 0 Å². The fraction of sp³-hybridized carbons (Fsp3) is 0.364. The third-order valence-electron chi connectivity index (χ3n) is 1.75. The highest BCUT2D eigenvalue weighted by Gasteiger charge is 2.17. The molecular formula is C11H14ClNO. The molecule has 1 aromatic rings. The van der Waals surface area contributed by atoms with Gasteiger partial charge in [-0.25, -0.2) is 0 Å². The monoisotopic (exact) mass is 211 g/mol. The first-order valence-electron chi connectivity index (χ1n) is 4.60. The third-order valence-corrected chi connectivity index (χ3v) is 2.20. The van der Waals surface area contributed by atoms with Gasteiger partial charge in [0.2, 0.25) is 5.91 Å². The van der Waals surface area contributed by atoms with Gasteiger partial charge in [0.25, 0.3) is 0 Å². The normalized spacial score (nSPS) is 12.6. The Kier molecular flexibility index (Phi) is 3.96. The number of hydrogen-bond acceptors (Lipinski definition) is 1. The van der Waals surface area contributed by atoms with Crippen LogP contribution in [0.5, 0.6) is 0 Å². The summed E-state index contributed by atoms with van der Waals surface area (Å²) in [6.07, 6.45) is 0. The van der Waals surface area contributed by atoms with Crippen LogP contribution in [0, 0.1) is 0 Å². The minimum Gasteiger partial charge on any atom is -0.352 e. The van der Waals surface area contributed by atoms with E-state index in [1.165, 1.54) is 0 Å². The van der Waals surface area contributed by atoms with Crippen LogP contribution < -0.4 is 5.32 Å². The van der Waals surface area contributed by atoms with Crippen LogP contribution in [0.3, 0.4) is 0 Å². The number of carbonyl (C=O) groups is 1. The maximum absolute atomic E-state index is 11.5. The zero-order chi connectivity index (χ0) is 10.6. The SMILES string of the molecule is CC(C)NC(=O)C(Cl)c1ccccc1. The van der Waals surface area contributed by atoms with E-state index < -0.39 is 5.38 Å². The molecule has 0 saturated heterocycles. The average molecular weight is 212 g/mol. The summed E-state index contributed by atoms with van der Waals surface area (Å²) in [6.45, 7) is 3.82. The van der Waals surface area contributed by atoms with Gasteiger partial charge >= 0.3 is 0 Å². The Morgan fingerprint density at radius 2 is 1.86 bits per heavy atom. The van der Waals surface area contributed by atoms with Gasteiger partial charge in [-0.3, -0.25) is 4.79 Å². The number of amides is 1. The van der Waals surface area contributed by atoms with Crippen molar-refractivity contribution in [3.05, 3.63) is 35.9 Å². The third kappa shape index (κ3) is 3.04. The van der Waals surface area contributed by atoms with E-state index in [0.29, 0.717) is 0 Å². The number of benzene rings is 1. The van der Waals surface area contributed by atoms with Crippen molar-refractivity contribution in [3.63, 3.8) is 0 Å². The van der Waals surface area contributed by atoms with E-state index >= 15 is 0 Å². The lowest BCUT2D eigenvalue weighted by Crippen LogP contribution is -2.32. The summed E-state index contributed by atoms with van der Waals surface area (Å²) in [7, 11) is 0. The molecule has 76 valence electrons. The lowest BCUT2D eigenvalue weighted by molar-refractivity contribution is -0.121. The second kappa shape index (κ2) is 5.01. The maximum Gasteiger partial charge on any atom is 0.242 e. The predicted octanol–water partition coefficient (Wildman–Crippen LogP) is 2.49. The van der Waals surface area contributed by atoms with Gasteiger partial charge in [-0.15, -0.1) is 11.6 Å². The summed E-state index contributed by atoms with van der Waals surface area (Å²) < 4.78 is 0. The van der Waals surface area contributed by atoms with Gasteiger partial charge in [0.15, 0.2) is 0 Å². The van der Waals surface area contributed by atoms with E-state index in [9.17, 15) is 4.79 Å². The molecule has 1 unspecified atom stereocenters. The van der Waals surface area contributed by atoms with Crippen LogP contribution >= 0.6 is 11.6 Å². The molecule has 0 aliphatic carbocycles. The van der Waals surface area contributed by atoms with Gasteiger partial charge < -0.3 is 5.32 Å². The Morgan fingerprint density at radius 1 is 1.29 bits per heavy atom. The quantitative estimate of drug-likeness (QED) is 0.765. The van der Waals surface area contributed by atoms with E-state index in [1.807, 2.05) is 44.2 Å². The minimum atomic E-state index is -0.599. The lowest BCUT2D eigenvalue weighted by Gasteiger charge is -2.12. The van der Waals surface area contributed by atoms with E-state index in [0.717, 1.165) is 5.56 Å². The fourth-order valence-corrected chi connectivity index (χ4v) is 1.34. The van der Waals surface area contributed by atoms with Gasteiger partial charge in [0.1, 0.15) is 5.38 Å². The molecule has 0 aromatic heterocycles. The summed E-state index contributed by atoms with van der Waals surface area (Å²) in [5.74, 6) is -0.145. The van der Waals surface area contributed by atoms with Crippen LogP contribution in [-0.4, -0.2) is 11.9 Å². The van der Waals surface area contributed by atoms with E-state index in [-0.39, 0.29) is 11.9 Å². The molecule has 1 aromatic carbocycles. The molecule has 1 N–H and O–H groups in total. The average Bonchev–Trinajstić information content (AvgIpc) is 2.17. The highest BCUT2D eigenvalue weighted by Crippen LogP contribution is 2.19. The molecular weight excluding hydrogens is 198 g/mol. The van der Waals surface area contributed by atoms with Gasteiger partial charge in [0, 0.05) is 6.04 Å². The molecule has 0 aliphatic heterocycles. The summed E-state index contributed by atoms with van der Waals surface area (Å²) in [5.41, 5.74) is 0.826. The molecule has 1 amide bonds. The lowest BCUT2D eigenvalue weighted by atomic mass is 10.1. The summed E-state index contributed by atoms with van der Waals surface area (Å²) >= 11 is 5.99. The summed E-state index contributed by atoms with van der Waals surface area (Å²) in [4.78, 5) is 11.5. The van der Waals surface area contributed by atoms with Crippen molar-refractivity contribution in [2.45, 2.75) is 25.3 Å². The number of halogens is 1. The number of rotatable bonds is 3. The minimum absolute atomic E-state index is 0.118. The van der Waals surface area contributed by atoms with Crippen molar-refractivity contribution >= 4 is 17.5 Å². The summed E-state index contributed by atoms with van der Waals surface area (Å²) in [6, 6.07) is 9.44. The zero-order valence-corrected chi connectivity index (χ0v) is 9.08.